The summed E-state index contributed by atoms with van der Waals surface area (Å²) in [7, 11) is 0. The molecule has 5 nitrogen and oxygen atoms in total. The molecule has 2 aromatic heterocycles. The van der Waals surface area contributed by atoms with Gasteiger partial charge in [0.1, 0.15) is 5.52 Å². The van der Waals surface area contributed by atoms with Crippen LogP contribution in [0.25, 0.3) is 44.4 Å². The molecule has 5 aromatic rings. The minimum absolute atomic E-state index is 0.232. The molecular formula is C26H19ClN2O3. The van der Waals surface area contributed by atoms with Gasteiger partial charge >= 0.3 is 5.97 Å². The first-order valence-electron chi connectivity index (χ1n) is 10.2. The molecule has 0 atom stereocenters. The number of benzene rings is 3. The fraction of sp³-hybridized carbons (Fsp3) is 0.115. The first-order chi connectivity index (χ1) is 15.4. The molecule has 0 aliphatic carbocycles. The Bertz CT molecular complexity index is 1490. The molecule has 2 heterocycles. The monoisotopic (exact) mass is 442 g/mol. The Hall–Kier alpha value is -3.70. The van der Waals surface area contributed by atoms with Crippen LogP contribution in [0.1, 0.15) is 35.7 Å². The highest BCUT2D eigenvalue weighted by molar-refractivity contribution is 6.30. The Labute approximate surface area is 189 Å². The number of pyridine rings is 1. The van der Waals surface area contributed by atoms with E-state index in [-0.39, 0.29) is 5.56 Å². The van der Waals surface area contributed by atoms with E-state index >= 15 is 0 Å². The molecule has 32 heavy (non-hydrogen) atoms. The molecule has 0 fully saturated rings. The molecule has 0 aliphatic heterocycles. The molecule has 1 N–H and O–H groups in total. The van der Waals surface area contributed by atoms with Gasteiger partial charge in [-0.2, -0.15) is 0 Å². The first-order valence-corrected chi connectivity index (χ1v) is 10.6. The highest BCUT2D eigenvalue weighted by atomic mass is 35.5. The van der Waals surface area contributed by atoms with Gasteiger partial charge in [0.2, 0.25) is 0 Å². The normalized spacial score (nSPS) is 11.5. The molecule has 0 radical (unpaired) electrons. The highest BCUT2D eigenvalue weighted by Gasteiger charge is 2.17. The molecule has 5 rings (SSSR count). The van der Waals surface area contributed by atoms with Crippen molar-refractivity contribution >= 4 is 39.4 Å². The summed E-state index contributed by atoms with van der Waals surface area (Å²) in [6.45, 7) is 4.16. The maximum atomic E-state index is 12.1. The number of halogens is 1. The molecule has 3 aromatic carbocycles. The van der Waals surface area contributed by atoms with Crippen molar-refractivity contribution in [1.29, 1.82) is 0 Å². The number of hydrogen-bond donors (Lipinski definition) is 1. The van der Waals surface area contributed by atoms with Crippen molar-refractivity contribution in [2.24, 2.45) is 0 Å². The average molecular weight is 443 g/mol. The standard InChI is InChI=1S/C26H19ClN2O3/c1-14(2)16-5-9-22-19(11-16)20(26(30)31)13-24(28-22)17-6-10-23-21(12-17)25(32-29-23)15-3-7-18(27)8-4-15/h3-14H,1-2H3,(H,30,31). The van der Waals surface area contributed by atoms with Crippen molar-refractivity contribution in [2.45, 2.75) is 19.8 Å². The minimum atomic E-state index is -0.979. The number of nitrogens with zero attached hydrogens (tertiary/aromatic N) is 2. The summed E-state index contributed by atoms with van der Waals surface area (Å²) < 4.78 is 5.59. The number of carbonyl (C=O) groups is 1. The minimum Gasteiger partial charge on any atom is -0.478 e. The zero-order valence-electron chi connectivity index (χ0n) is 17.5. The summed E-state index contributed by atoms with van der Waals surface area (Å²) in [5.74, 6) is -0.0604. The summed E-state index contributed by atoms with van der Waals surface area (Å²) in [6.07, 6.45) is 0. The number of aromatic carboxylic acids is 1. The molecule has 0 saturated carbocycles. The van der Waals surface area contributed by atoms with Gasteiger partial charge in [-0.15, -0.1) is 0 Å². The third kappa shape index (κ3) is 3.51. The van der Waals surface area contributed by atoms with Crippen molar-refractivity contribution in [3.05, 3.63) is 82.9 Å². The van der Waals surface area contributed by atoms with Gasteiger partial charge in [0.15, 0.2) is 5.76 Å². The summed E-state index contributed by atoms with van der Waals surface area (Å²) in [5.41, 5.74) is 4.88. The highest BCUT2D eigenvalue weighted by Crippen LogP contribution is 2.34. The van der Waals surface area contributed by atoms with E-state index in [0.29, 0.717) is 38.8 Å². The van der Waals surface area contributed by atoms with E-state index < -0.39 is 5.97 Å². The Kier molecular flexibility index (Phi) is 4.91. The van der Waals surface area contributed by atoms with Crippen LogP contribution in [0.3, 0.4) is 0 Å². The van der Waals surface area contributed by atoms with Crippen LogP contribution in [-0.4, -0.2) is 21.2 Å². The van der Waals surface area contributed by atoms with E-state index in [4.69, 9.17) is 21.1 Å². The van der Waals surface area contributed by atoms with Crippen LogP contribution in [0.15, 0.2) is 71.3 Å². The van der Waals surface area contributed by atoms with Gasteiger partial charge < -0.3 is 9.63 Å². The quantitative estimate of drug-likeness (QED) is 0.319. The summed E-state index contributed by atoms with van der Waals surface area (Å²) in [4.78, 5) is 16.8. The number of hydrogen-bond acceptors (Lipinski definition) is 4. The van der Waals surface area contributed by atoms with Crippen LogP contribution < -0.4 is 0 Å². The molecular weight excluding hydrogens is 424 g/mol. The fourth-order valence-electron chi connectivity index (χ4n) is 3.84. The van der Waals surface area contributed by atoms with Gasteiger partial charge in [0.25, 0.3) is 0 Å². The predicted octanol–water partition coefficient (Wildman–Crippen LogP) is 7.19. The van der Waals surface area contributed by atoms with Gasteiger partial charge in [0.05, 0.1) is 22.2 Å². The summed E-state index contributed by atoms with van der Waals surface area (Å²) in [6, 6.07) is 20.4. The first kappa shape index (κ1) is 20.2. The molecule has 0 aliphatic rings. The predicted molar refractivity (Wildman–Crippen MR) is 126 cm³/mol. The Morgan fingerprint density at radius 3 is 2.34 bits per heavy atom. The Balaban J connectivity index is 1.68. The van der Waals surface area contributed by atoms with Gasteiger partial charge in [0, 0.05) is 21.5 Å². The molecule has 158 valence electrons. The summed E-state index contributed by atoms with van der Waals surface area (Å²) >= 11 is 6.01. The number of rotatable bonds is 4. The second kappa shape index (κ2) is 7.77. The van der Waals surface area contributed by atoms with Crippen molar-refractivity contribution < 1.29 is 14.4 Å². The second-order valence-electron chi connectivity index (χ2n) is 8.04. The van der Waals surface area contributed by atoms with Crippen LogP contribution >= 0.6 is 11.6 Å². The number of carboxylic acids is 1. The zero-order valence-corrected chi connectivity index (χ0v) is 18.2. The maximum Gasteiger partial charge on any atom is 0.336 e. The summed E-state index contributed by atoms with van der Waals surface area (Å²) in [5, 5.41) is 16.1. The lowest BCUT2D eigenvalue weighted by molar-refractivity contribution is 0.0699. The number of carboxylic acid groups (broad SMARTS) is 1. The number of fused-ring (bicyclic) bond motifs is 2. The van der Waals surface area contributed by atoms with Gasteiger partial charge in [-0.05, 0) is 66.1 Å². The lowest BCUT2D eigenvalue weighted by Crippen LogP contribution is -2.01. The van der Waals surface area contributed by atoms with E-state index in [0.717, 1.165) is 22.1 Å². The van der Waals surface area contributed by atoms with Crippen LogP contribution in [0, 0.1) is 0 Å². The van der Waals surface area contributed by atoms with E-state index in [1.165, 1.54) is 0 Å². The van der Waals surface area contributed by atoms with Crippen molar-refractivity contribution in [1.82, 2.24) is 10.1 Å². The van der Waals surface area contributed by atoms with Crippen molar-refractivity contribution in [3.63, 3.8) is 0 Å². The molecule has 0 unspecified atom stereocenters. The van der Waals surface area contributed by atoms with E-state index in [1.807, 2.05) is 48.5 Å². The van der Waals surface area contributed by atoms with Crippen LogP contribution in [0.5, 0.6) is 0 Å². The maximum absolute atomic E-state index is 12.1. The third-order valence-electron chi connectivity index (χ3n) is 5.61. The van der Waals surface area contributed by atoms with Crippen LogP contribution in [0.2, 0.25) is 5.02 Å². The SMILES string of the molecule is CC(C)c1ccc2nc(-c3ccc4noc(-c5ccc(Cl)cc5)c4c3)cc(C(=O)O)c2c1. The molecule has 0 amide bonds. The fourth-order valence-corrected chi connectivity index (χ4v) is 3.96. The number of aromatic nitrogens is 2. The molecule has 0 saturated heterocycles. The Morgan fingerprint density at radius 1 is 0.906 bits per heavy atom. The third-order valence-corrected chi connectivity index (χ3v) is 5.86. The van der Waals surface area contributed by atoms with Crippen LogP contribution in [-0.2, 0) is 0 Å². The smallest absolute Gasteiger partial charge is 0.336 e. The molecule has 6 heteroatoms. The second-order valence-corrected chi connectivity index (χ2v) is 8.48. The largest absolute Gasteiger partial charge is 0.478 e. The van der Waals surface area contributed by atoms with Gasteiger partial charge in [-0.3, -0.25) is 0 Å². The molecule has 0 bridgehead atoms. The van der Waals surface area contributed by atoms with Gasteiger partial charge in [-0.25, -0.2) is 9.78 Å². The lowest BCUT2D eigenvalue weighted by atomic mass is 9.97. The zero-order chi connectivity index (χ0) is 22.4. The van der Waals surface area contributed by atoms with E-state index in [1.54, 1.807) is 18.2 Å². The van der Waals surface area contributed by atoms with Crippen LogP contribution in [0.4, 0.5) is 0 Å². The lowest BCUT2D eigenvalue weighted by Gasteiger charge is -2.11. The van der Waals surface area contributed by atoms with Crippen molar-refractivity contribution in [2.75, 3.05) is 0 Å². The van der Waals surface area contributed by atoms with E-state index in [9.17, 15) is 9.90 Å². The topological polar surface area (TPSA) is 76.2 Å². The Morgan fingerprint density at radius 2 is 1.62 bits per heavy atom. The van der Waals surface area contributed by atoms with Crippen molar-refractivity contribution in [3.8, 4) is 22.6 Å². The van der Waals surface area contributed by atoms with Gasteiger partial charge in [-0.1, -0.05) is 42.7 Å². The van der Waals surface area contributed by atoms with E-state index in [2.05, 4.69) is 19.0 Å². The average Bonchev–Trinajstić information content (AvgIpc) is 3.21. The molecule has 0 spiro atoms.